The van der Waals surface area contributed by atoms with Gasteiger partial charge in [0.25, 0.3) is 0 Å². The average Bonchev–Trinajstić information content (AvgIpc) is 1.61. The number of hydrogen-bond donors (Lipinski definition) is 0. The van der Waals surface area contributed by atoms with Crippen molar-refractivity contribution in [3.8, 4) is 0 Å². The molecule has 0 bridgehead atoms. The highest BCUT2D eigenvalue weighted by Crippen LogP contribution is 2.01. The molecule has 0 unspecified atom stereocenters. The highest BCUT2D eigenvalue weighted by atomic mass is 127. The third kappa shape index (κ3) is 6.80. The van der Waals surface area contributed by atoms with Gasteiger partial charge in [-0.1, -0.05) is 0 Å². The van der Waals surface area contributed by atoms with Gasteiger partial charge in [-0.3, -0.25) is 9.59 Å². The maximum absolute atomic E-state index is 10.2. The first-order valence-corrected chi connectivity index (χ1v) is 4.15. The zero-order chi connectivity index (χ0) is 6.57. The van der Waals surface area contributed by atoms with Crippen molar-refractivity contribution >= 4 is 52.8 Å². The number of rotatable bonds is 3. The van der Waals surface area contributed by atoms with Gasteiger partial charge in [0.1, 0.15) is 0 Å². The van der Waals surface area contributed by atoms with E-state index in [-0.39, 0.29) is 7.58 Å². The molecule has 0 radical (unpaired) electrons. The molecule has 0 aromatic heterocycles. The summed E-state index contributed by atoms with van der Waals surface area (Å²) in [5, 5.41) is 0. The van der Waals surface area contributed by atoms with Crippen LogP contribution >= 0.6 is 45.2 Å². The molecule has 0 heterocycles. The molecule has 0 amide bonds. The monoisotopic (exact) mass is 338 g/mol. The molecule has 0 N–H and O–H groups in total. The van der Waals surface area contributed by atoms with Crippen LogP contribution in [0.4, 0.5) is 0 Å². The molecule has 0 aliphatic rings. The number of carbonyl (C=O) groups excluding carboxylic acids is 2. The number of hydrogen-bond acceptors (Lipinski definition) is 2. The van der Waals surface area contributed by atoms with Gasteiger partial charge >= 0.3 is 0 Å². The molecular weight excluding hydrogens is 334 g/mol. The third-order valence-corrected chi connectivity index (χ3v) is 1.60. The molecule has 0 rings (SSSR count). The van der Waals surface area contributed by atoms with Crippen LogP contribution in [0, 0.1) is 0 Å². The van der Waals surface area contributed by atoms with Crippen LogP contribution in [0.15, 0.2) is 0 Å². The maximum atomic E-state index is 10.2. The van der Waals surface area contributed by atoms with Gasteiger partial charge in [-0.2, -0.15) is 0 Å². The lowest BCUT2D eigenvalue weighted by Crippen LogP contribution is -1.89. The number of halogens is 2. The molecule has 0 aliphatic carbocycles. The Balaban J connectivity index is 3.18. The topological polar surface area (TPSA) is 34.1 Å². The minimum absolute atomic E-state index is 0.0487. The highest BCUT2D eigenvalue weighted by molar-refractivity contribution is 14.1. The Morgan fingerprint density at radius 2 is 1.25 bits per heavy atom. The molecule has 0 aromatic carbocycles. The van der Waals surface area contributed by atoms with Gasteiger partial charge in [-0.05, 0) is 45.2 Å². The molecule has 0 saturated carbocycles. The van der Waals surface area contributed by atoms with E-state index in [9.17, 15) is 9.59 Å². The Morgan fingerprint density at radius 3 is 1.38 bits per heavy atom. The van der Waals surface area contributed by atoms with E-state index in [1.807, 2.05) is 0 Å². The van der Waals surface area contributed by atoms with Crippen molar-refractivity contribution in [2.24, 2.45) is 0 Å². The lowest BCUT2D eigenvalue weighted by Gasteiger charge is -1.84. The van der Waals surface area contributed by atoms with E-state index in [0.29, 0.717) is 12.8 Å². The first-order valence-electron chi connectivity index (χ1n) is 1.99. The standard InChI is InChI=1S/C4H4I2O2/c5-3(7)1-2-4(6)8/h1-2H2. The Labute approximate surface area is 74.7 Å². The summed E-state index contributed by atoms with van der Waals surface area (Å²) in [5.41, 5.74) is 0. The van der Waals surface area contributed by atoms with Crippen LogP contribution in [0.25, 0.3) is 0 Å². The van der Waals surface area contributed by atoms with Gasteiger partial charge in [0, 0.05) is 12.8 Å². The second kappa shape index (κ2) is 4.66. The molecule has 2 nitrogen and oxygen atoms in total. The first kappa shape index (κ1) is 8.80. The zero-order valence-electron chi connectivity index (χ0n) is 3.99. The lowest BCUT2D eigenvalue weighted by molar-refractivity contribution is -0.114. The molecule has 0 aromatic rings. The fraction of sp³-hybridized carbons (Fsp3) is 0.500. The quantitative estimate of drug-likeness (QED) is 0.580. The molecule has 46 valence electrons. The van der Waals surface area contributed by atoms with Gasteiger partial charge in [0.15, 0.2) is 7.58 Å². The van der Waals surface area contributed by atoms with Crippen molar-refractivity contribution < 1.29 is 9.59 Å². The lowest BCUT2D eigenvalue weighted by atomic mass is 10.4. The largest absolute Gasteiger partial charge is 0.288 e. The highest BCUT2D eigenvalue weighted by Gasteiger charge is 1.98. The molecule has 0 saturated heterocycles. The SMILES string of the molecule is O=C(I)CCC(=O)I. The minimum Gasteiger partial charge on any atom is -0.288 e. The van der Waals surface area contributed by atoms with Crippen LogP contribution in [0.5, 0.6) is 0 Å². The minimum atomic E-state index is 0.0487. The van der Waals surface area contributed by atoms with Crippen molar-refractivity contribution in [1.29, 1.82) is 0 Å². The van der Waals surface area contributed by atoms with E-state index < -0.39 is 0 Å². The van der Waals surface area contributed by atoms with E-state index in [1.165, 1.54) is 0 Å². The summed E-state index contributed by atoms with van der Waals surface area (Å²) in [6, 6.07) is 0. The van der Waals surface area contributed by atoms with Gasteiger partial charge < -0.3 is 0 Å². The van der Waals surface area contributed by atoms with Gasteiger partial charge in [0.2, 0.25) is 0 Å². The average molecular weight is 338 g/mol. The Morgan fingerprint density at radius 1 is 1.00 bits per heavy atom. The van der Waals surface area contributed by atoms with Crippen LogP contribution in [-0.4, -0.2) is 7.58 Å². The molecule has 0 aliphatic heterocycles. The van der Waals surface area contributed by atoms with Crippen LogP contribution in [-0.2, 0) is 9.59 Å². The van der Waals surface area contributed by atoms with Gasteiger partial charge in [-0.15, -0.1) is 0 Å². The molecule has 4 heteroatoms. The van der Waals surface area contributed by atoms with Crippen LogP contribution in [0.2, 0.25) is 0 Å². The summed E-state index contributed by atoms with van der Waals surface area (Å²) in [4.78, 5) is 20.4. The Bertz CT molecular complexity index is 96.6. The normalized spacial score (nSPS) is 8.75. The molecule has 0 atom stereocenters. The van der Waals surface area contributed by atoms with Crippen molar-refractivity contribution in [2.45, 2.75) is 12.8 Å². The van der Waals surface area contributed by atoms with Crippen molar-refractivity contribution in [2.75, 3.05) is 0 Å². The van der Waals surface area contributed by atoms with Crippen molar-refractivity contribution in [3.63, 3.8) is 0 Å². The van der Waals surface area contributed by atoms with Gasteiger partial charge in [-0.25, -0.2) is 0 Å². The summed E-state index contributed by atoms with van der Waals surface area (Å²) in [6.07, 6.45) is 0.755. The second-order valence-corrected chi connectivity index (χ2v) is 3.62. The smallest absolute Gasteiger partial charge is 0.192 e. The van der Waals surface area contributed by atoms with Crippen molar-refractivity contribution in [3.05, 3.63) is 0 Å². The summed E-state index contributed by atoms with van der Waals surface area (Å²) < 4.78 is 0.0974. The Hall–Kier alpha value is 0.800. The summed E-state index contributed by atoms with van der Waals surface area (Å²) >= 11 is 3.36. The molecular formula is C4H4I2O2. The van der Waals surface area contributed by atoms with Crippen LogP contribution in [0.3, 0.4) is 0 Å². The summed E-state index contributed by atoms with van der Waals surface area (Å²) in [5.74, 6) is 0. The predicted molar refractivity (Wildman–Crippen MR) is 47.3 cm³/mol. The summed E-state index contributed by atoms with van der Waals surface area (Å²) in [7, 11) is 0. The molecule has 0 fully saturated rings. The predicted octanol–water partition coefficient (Wildman–Crippen LogP) is 1.69. The third-order valence-electron chi connectivity index (χ3n) is 0.518. The zero-order valence-corrected chi connectivity index (χ0v) is 8.30. The fourth-order valence-electron chi connectivity index (χ4n) is 0.197. The molecule has 0 spiro atoms. The van der Waals surface area contributed by atoms with E-state index in [1.54, 1.807) is 45.2 Å². The van der Waals surface area contributed by atoms with Crippen molar-refractivity contribution in [1.82, 2.24) is 0 Å². The number of carbonyl (C=O) groups is 2. The van der Waals surface area contributed by atoms with E-state index in [4.69, 9.17) is 0 Å². The Kier molecular flexibility index (Phi) is 5.12. The van der Waals surface area contributed by atoms with E-state index in [2.05, 4.69) is 0 Å². The van der Waals surface area contributed by atoms with E-state index in [0.717, 1.165) is 0 Å². The summed E-state index contributed by atoms with van der Waals surface area (Å²) in [6.45, 7) is 0. The maximum Gasteiger partial charge on any atom is 0.192 e. The van der Waals surface area contributed by atoms with Gasteiger partial charge in [0.05, 0.1) is 0 Å². The first-order chi connectivity index (χ1) is 3.63. The van der Waals surface area contributed by atoms with Crippen LogP contribution in [0.1, 0.15) is 12.8 Å². The molecule has 8 heavy (non-hydrogen) atoms. The second-order valence-electron chi connectivity index (χ2n) is 1.21. The van der Waals surface area contributed by atoms with E-state index >= 15 is 0 Å². The fourth-order valence-corrected chi connectivity index (χ4v) is 0.736. The van der Waals surface area contributed by atoms with Crippen LogP contribution < -0.4 is 0 Å².